The zero-order valence-corrected chi connectivity index (χ0v) is 13.0. The number of nitrogens with one attached hydrogen (secondary N) is 1. The molecule has 2 amide bonds. The van der Waals surface area contributed by atoms with Crippen LogP contribution in [0.15, 0.2) is 53.4 Å². The van der Waals surface area contributed by atoms with Crippen molar-refractivity contribution in [1.82, 2.24) is 4.90 Å². The highest BCUT2D eigenvalue weighted by Gasteiger charge is 2.28. The molecule has 5 heteroatoms. The summed E-state index contributed by atoms with van der Waals surface area (Å²) < 4.78 is 0. The van der Waals surface area contributed by atoms with Crippen LogP contribution in [0.2, 0.25) is 0 Å². The van der Waals surface area contributed by atoms with Crippen LogP contribution in [0.5, 0.6) is 0 Å². The Hall–Kier alpha value is -2.27. The van der Waals surface area contributed by atoms with Crippen molar-refractivity contribution in [3.05, 3.63) is 59.7 Å². The lowest BCUT2D eigenvalue weighted by molar-refractivity contribution is -0.116. The number of carbonyl (C=O) groups is 2. The molecule has 1 aliphatic rings. The van der Waals surface area contributed by atoms with E-state index in [2.05, 4.69) is 5.32 Å². The van der Waals surface area contributed by atoms with Gasteiger partial charge in [-0.25, -0.2) is 0 Å². The Labute approximate surface area is 133 Å². The van der Waals surface area contributed by atoms with Crippen LogP contribution in [0.25, 0.3) is 0 Å². The molecule has 1 aliphatic heterocycles. The molecule has 0 saturated heterocycles. The number of fused-ring (bicyclic) bond motifs is 1. The second-order valence-corrected chi connectivity index (χ2v) is 5.98. The quantitative estimate of drug-likeness (QED) is 0.883. The minimum absolute atomic E-state index is 0.0665. The van der Waals surface area contributed by atoms with E-state index >= 15 is 0 Å². The topological polar surface area (TPSA) is 49.4 Å². The lowest BCUT2D eigenvalue weighted by atomic mass is 10.1. The molecule has 0 atom stereocenters. The molecule has 2 aromatic rings. The Morgan fingerprint density at radius 2 is 2.05 bits per heavy atom. The smallest absolute Gasteiger partial charge is 0.254 e. The Bertz CT molecular complexity index is 730. The van der Waals surface area contributed by atoms with Crippen molar-refractivity contribution < 1.29 is 9.59 Å². The molecule has 4 nitrogen and oxygen atoms in total. The monoisotopic (exact) mass is 312 g/mol. The van der Waals surface area contributed by atoms with Crippen LogP contribution >= 0.6 is 11.8 Å². The SMILES string of the molecule is CSc1cccc(NC(=O)CN2Cc3ccccc3C2=O)c1. The highest BCUT2D eigenvalue weighted by molar-refractivity contribution is 7.98. The Balaban J connectivity index is 1.65. The fourth-order valence-electron chi connectivity index (χ4n) is 2.52. The average Bonchev–Trinajstić information content (AvgIpc) is 2.84. The van der Waals surface area contributed by atoms with Gasteiger partial charge in [0.05, 0.1) is 0 Å². The molecule has 1 N–H and O–H groups in total. The second-order valence-electron chi connectivity index (χ2n) is 5.10. The third-order valence-corrected chi connectivity index (χ3v) is 4.31. The molecule has 0 radical (unpaired) electrons. The van der Waals surface area contributed by atoms with E-state index in [1.807, 2.05) is 48.7 Å². The lowest BCUT2D eigenvalue weighted by Crippen LogP contribution is -2.33. The summed E-state index contributed by atoms with van der Waals surface area (Å²) in [7, 11) is 0. The maximum absolute atomic E-state index is 12.2. The number of benzene rings is 2. The molecule has 22 heavy (non-hydrogen) atoms. The Morgan fingerprint density at radius 3 is 2.82 bits per heavy atom. The maximum atomic E-state index is 12.2. The van der Waals surface area contributed by atoms with Gasteiger partial charge in [-0.05, 0) is 36.1 Å². The van der Waals surface area contributed by atoms with E-state index < -0.39 is 0 Å². The number of rotatable bonds is 4. The van der Waals surface area contributed by atoms with Gasteiger partial charge in [0.15, 0.2) is 0 Å². The highest BCUT2D eigenvalue weighted by atomic mass is 32.2. The van der Waals surface area contributed by atoms with Crippen LogP contribution in [-0.4, -0.2) is 29.5 Å². The molecule has 2 aromatic carbocycles. The number of amides is 2. The highest BCUT2D eigenvalue weighted by Crippen LogP contribution is 2.22. The first-order valence-electron chi connectivity index (χ1n) is 6.98. The number of nitrogens with zero attached hydrogens (tertiary/aromatic N) is 1. The summed E-state index contributed by atoms with van der Waals surface area (Å²) >= 11 is 1.62. The van der Waals surface area contributed by atoms with Crippen LogP contribution < -0.4 is 5.32 Å². The minimum atomic E-state index is -0.181. The van der Waals surface area contributed by atoms with Crippen LogP contribution in [0.4, 0.5) is 5.69 Å². The summed E-state index contributed by atoms with van der Waals surface area (Å²) in [5.74, 6) is -0.261. The van der Waals surface area contributed by atoms with E-state index in [9.17, 15) is 9.59 Å². The van der Waals surface area contributed by atoms with E-state index in [-0.39, 0.29) is 18.4 Å². The maximum Gasteiger partial charge on any atom is 0.254 e. The molecular weight excluding hydrogens is 296 g/mol. The van der Waals surface area contributed by atoms with E-state index in [4.69, 9.17) is 0 Å². The molecule has 0 unspecified atom stereocenters. The lowest BCUT2D eigenvalue weighted by Gasteiger charge is -2.15. The summed E-state index contributed by atoms with van der Waals surface area (Å²) in [5, 5.41) is 2.84. The number of carbonyl (C=O) groups excluding carboxylic acids is 2. The van der Waals surface area contributed by atoms with Gasteiger partial charge in [0.2, 0.25) is 5.91 Å². The fourth-order valence-corrected chi connectivity index (χ4v) is 2.98. The van der Waals surface area contributed by atoms with Gasteiger partial charge in [0.1, 0.15) is 6.54 Å². The standard InChI is InChI=1S/C17H16N2O2S/c1-22-14-7-4-6-13(9-14)18-16(20)11-19-10-12-5-2-3-8-15(12)17(19)21/h2-9H,10-11H2,1H3,(H,18,20). The minimum Gasteiger partial charge on any atom is -0.325 e. The van der Waals surface area contributed by atoms with Crippen molar-refractivity contribution in [2.75, 3.05) is 18.1 Å². The van der Waals surface area contributed by atoms with Gasteiger partial charge in [-0.15, -0.1) is 11.8 Å². The van der Waals surface area contributed by atoms with Gasteiger partial charge >= 0.3 is 0 Å². The van der Waals surface area contributed by atoms with E-state index in [0.717, 1.165) is 16.1 Å². The predicted octanol–water partition coefficient (Wildman–Crippen LogP) is 3.00. The van der Waals surface area contributed by atoms with Gasteiger partial charge in [-0.2, -0.15) is 0 Å². The second kappa shape index (κ2) is 6.23. The van der Waals surface area contributed by atoms with Crippen LogP contribution in [0.3, 0.4) is 0 Å². The number of anilines is 1. The van der Waals surface area contributed by atoms with Gasteiger partial charge in [0, 0.05) is 22.7 Å². The van der Waals surface area contributed by atoms with Gasteiger partial charge in [-0.3, -0.25) is 9.59 Å². The molecule has 0 aliphatic carbocycles. The first-order valence-corrected chi connectivity index (χ1v) is 8.21. The summed E-state index contributed by atoms with van der Waals surface area (Å²) in [6, 6.07) is 15.1. The van der Waals surface area contributed by atoms with Crippen molar-refractivity contribution in [3.8, 4) is 0 Å². The summed E-state index contributed by atoms with van der Waals surface area (Å²) in [6.07, 6.45) is 1.99. The molecular formula is C17H16N2O2S. The van der Waals surface area contributed by atoms with Gasteiger partial charge in [0.25, 0.3) is 5.91 Å². The van der Waals surface area contributed by atoms with Crippen molar-refractivity contribution in [2.45, 2.75) is 11.4 Å². The Morgan fingerprint density at radius 1 is 1.23 bits per heavy atom. The van der Waals surface area contributed by atoms with Crippen molar-refractivity contribution in [2.24, 2.45) is 0 Å². The molecule has 0 spiro atoms. The molecule has 112 valence electrons. The van der Waals surface area contributed by atoms with Crippen molar-refractivity contribution in [1.29, 1.82) is 0 Å². The van der Waals surface area contributed by atoms with E-state index in [1.54, 1.807) is 22.7 Å². The zero-order chi connectivity index (χ0) is 15.5. The third kappa shape index (κ3) is 2.99. The molecule has 0 bridgehead atoms. The normalized spacial score (nSPS) is 13.1. The summed E-state index contributed by atoms with van der Waals surface area (Å²) in [6.45, 7) is 0.560. The van der Waals surface area contributed by atoms with E-state index in [1.165, 1.54) is 0 Å². The van der Waals surface area contributed by atoms with Crippen molar-refractivity contribution >= 4 is 29.3 Å². The van der Waals surface area contributed by atoms with E-state index in [0.29, 0.717) is 12.1 Å². The predicted molar refractivity (Wildman–Crippen MR) is 88.0 cm³/mol. The number of thioether (sulfide) groups is 1. The first-order chi connectivity index (χ1) is 10.7. The molecule has 0 aromatic heterocycles. The van der Waals surface area contributed by atoms with Gasteiger partial charge in [-0.1, -0.05) is 24.3 Å². The molecule has 3 rings (SSSR count). The summed E-state index contributed by atoms with van der Waals surface area (Å²) in [5.41, 5.74) is 2.42. The number of hydrogen-bond donors (Lipinski definition) is 1. The number of hydrogen-bond acceptors (Lipinski definition) is 3. The summed E-state index contributed by atoms with van der Waals surface area (Å²) in [4.78, 5) is 27.0. The zero-order valence-electron chi connectivity index (χ0n) is 12.2. The largest absolute Gasteiger partial charge is 0.325 e. The fraction of sp³-hybridized carbons (Fsp3) is 0.176. The van der Waals surface area contributed by atoms with Crippen molar-refractivity contribution in [3.63, 3.8) is 0 Å². The van der Waals surface area contributed by atoms with Gasteiger partial charge < -0.3 is 10.2 Å². The molecule has 1 heterocycles. The Kier molecular flexibility index (Phi) is 4.15. The van der Waals surface area contributed by atoms with Crippen LogP contribution in [0.1, 0.15) is 15.9 Å². The average molecular weight is 312 g/mol. The molecule has 0 saturated carbocycles. The first kappa shape index (κ1) is 14.7. The van der Waals surface area contributed by atoms with Crippen LogP contribution in [-0.2, 0) is 11.3 Å². The third-order valence-electron chi connectivity index (χ3n) is 3.58. The molecule has 0 fully saturated rings. The van der Waals surface area contributed by atoms with Crippen LogP contribution in [0, 0.1) is 0 Å².